The third-order valence-corrected chi connectivity index (χ3v) is 3.43. The lowest BCUT2D eigenvalue weighted by atomic mass is 10.0. The van der Waals surface area contributed by atoms with Gasteiger partial charge in [0, 0.05) is 12.5 Å². The molecular weight excluding hydrogens is 278 g/mol. The lowest BCUT2D eigenvalue weighted by Crippen LogP contribution is -2.40. The molecule has 1 unspecified atom stereocenters. The van der Waals surface area contributed by atoms with E-state index in [1.54, 1.807) is 0 Å². The third kappa shape index (κ3) is 4.21. The molecule has 1 aliphatic carbocycles. The molecule has 0 aromatic heterocycles. The first-order chi connectivity index (χ1) is 9.20. The molecule has 0 spiro atoms. The van der Waals surface area contributed by atoms with Crippen LogP contribution in [-0.4, -0.2) is 31.4 Å². The molecule has 0 saturated carbocycles. The Balaban J connectivity index is 0.00000200. The normalized spacial score (nSPS) is 15.9. The summed E-state index contributed by atoms with van der Waals surface area (Å²) in [6.07, 6.45) is 2.13. The van der Waals surface area contributed by atoms with Crippen molar-refractivity contribution in [2.75, 3.05) is 19.6 Å². The molecule has 20 heavy (non-hydrogen) atoms. The molecule has 5 nitrogen and oxygen atoms in total. The summed E-state index contributed by atoms with van der Waals surface area (Å²) in [5, 5.41) is 5.30. The minimum Gasteiger partial charge on any atom is -0.354 e. The molecule has 0 radical (unpaired) electrons. The Labute approximate surface area is 124 Å². The minimum atomic E-state index is -0.318. The van der Waals surface area contributed by atoms with Crippen molar-refractivity contribution in [3.63, 3.8) is 0 Å². The zero-order chi connectivity index (χ0) is 13.7. The van der Waals surface area contributed by atoms with Gasteiger partial charge in [0.1, 0.15) is 0 Å². The van der Waals surface area contributed by atoms with Crippen LogP contribution in [0.2, 0.25) is 0 Å². The van der Waals surface area contributed by atoms with Crippen molar-refractivity contribution in [1.82, 2.24) is 10.6 Å². The van der Waals surface area contributed by atoms with Crippen LogP contribution in [-0.2, 0) is 16.0 Å². The highest BCUT2D eigenvalue weighted by atomic mass is 35.5. The number of aryl methyl sites for hydroxylation is 1. The van der Waals surface area contributed by atoms with Crippen LogP contribution in [0.25, 0.3) is 0 Å². The Kier molecular flexibility index (Phi) is 6.48. The monoisotopic (exact) mass is 297 g/mol. The van der Waals surface area contributed by atoms with Crippen LogP contribution in [0.15, 0.2) is 24.3 Å². The molecule has 0 fully saturated rings. The van der Waals surface area contributed by atoms with Gasteiger partial charge in [-0.05, 0) is 24.0 Å². The Hall–Kier alpha value is -1.59. The molecule has 1 aromatic rings. The van der Waals surface area contributed by atoms with Gasteiger partial charge in [0.15, 0.2) is 0 Å². The van der Waals surface area contributed by atoms with Crippen LogP contribution < -0.4 is 16.4 Å². The van der Waals surface area contributed by atoms with E-state index in [4.69, 9.17) is 5.73 Å². The van der Waals surface area contributed by atoms with Gasteiger partial charge in [-0.15, -0.1) is 12.4 Å². The Bertz CT molecular complexity index is 479. The molecular formula is C14H20ClN3O2. The summed E-state index contributed by atoms with van der Waals surface area (Å²) in [6.45, 7) is 0.516. The maximum absolute atomic E-state index is 11.6. The highest BCUT2D eigenvalue weighted by Gasteiger charge is 2.22. The van der Waals surface area contributed by atoms with Crippen molar-refractivity contribution >= 4 is 24.2 Å². The van der Waals surface area contributed by atoms with Crippen molar-refractivity contribution in [2.45, 2.75) is 18.8 Å². The van der Waals surface area contributed by atoms with Gasteiger partial charge in [0.05, 0.1) is 13.1 Å². The molecule has 2 rings (SSSR count). The number of carbonyl (C=O) groups is 2. The van der Waals surface area contributed by atoms with E-state index in [9.17, 15) is 9.59 Å². The molecule has 4 N–H and O–H groups in total. The standard InChI is InChI=1S/C14H19N3O2.ClH/c15-7-13(18)17-9-14(19)16-8-11-6-5-10-3-1-2-4-12(10)11;/h1-4,11H,5-9,15H2,(H,16,19)(H,17,18);1H. The van der Waals surface area contributed by atoms with E-state index in [1.807, 2.05) is 12.1 Å². The number of amides is 2. The second kappa shape index (κ2) is 7.87. The second-order valence-corrected chi connectivity index (χ2v) is 4.72. The number of hydrogen-bond donors (Lipinski definition) is 3. The summed E-state index contributed by atoms with van der Waals surface area (Å²) in [5.74, 6) is -0.113. The fraction of sp³-hybridized carbons (Fsp3) is 0.429. The predicted molar refractivity (Wildman–Crippen MR) is 79.8 cm³/mol. The summed E-state index contributed by atoms with van der Waals surface area (Å²) < 4.78 is 0. The van der Waals surface area contributed by atoms with Crippen LogP contribution in [0.4, 0.5) is 0 Å². The number of nitrogens with two attached hydrogens (primary N) is 1. The maximum atomic E-state index is 11.6. The quantitative estimate of drug-likeness (QED) is 0.732. The van der Waals surface area contributed by atoms with Crippen LogP contribution in [0, 0.1) is 0 Å². The largest absolute Gasteiger partial charge is 0.354 e. The van der Waals surface area contributed by atoms with Crippen LogP contribution in [0.3, 0.4) is 0 Å². The smallest absolute Gasteiger partial charge is 0.239 e. The lowest BCUT2D eigenvalue weighted by molar-refractivity contribution is -0.125. The molecule has 0 saturated heterocycles. The van der Waals surface area contributed by atoms with E-state index in [2.05, 4.69) is 22.8 Å². The topological polar surface area (TPSA) is 84.2 Å². The van der Waals surface area contributed by atoms with Gasteiger partial charge in [-0.25, -0.2) is 0 Å². The Morgan fingerprint density at radius 1 is 1.20 bits per heavy atom. The lowest BCUT2D eigenvalue weighted by Gasteiger charge is -2.13. The number of hydrogen-bond acceptors (Lipinski definition) is 3. The number of fused-ring (bicyclic) bond motifs is 1. The van der Waals surface area contributed by atoms with Gasteiger partial charge in [0.2, 0.25) is 11.8 Å². The predicted octanol–water partition coefficient (Wildman–Crippen LogP) is 0.329. The molecule has 110 valence electrons. The summed E-state index contributed by atoms with van der Waals surface area (Å²) in [6, 6.07) is 8.33. The summed E-state index contributed by atoms with van der Waals surface area (Å²) in [5.41, 5.74) is 7.84. The van der Waals surface area contributed by atoms with E-state index in [-0.39, 0.29) is 37.3 Å². The third-order valence-electron chi connectivity index (χ3n) is 3.43. The van der Waals surface area contributed by atoms with Gasteiger partial charge >= 0.3 is 0 Å². The fourth-order valence-corrected chi connectivity index (χ4v) is 2.41. The SMILES string of the molecule is Cl.NCC(=O)NCC(=O)NCC1CCc2ccccc21. The zero-order valence-corrected chi connectivity index (χ0v) is 12.0. The van der Waals surface area contributed by atoms with Crippen molar-refractivity contribution in [3.05, 3.63) is 35.4 Å². The van der Waals surface area contributed by atoms with Gasteiger partial charge in [-0.1, -0.05) is 24.3 Å². The van der Waals surface area contributed by atoms with Gasteiger partial charge in [0.25, 0.3) is 0 Å². The number of rotatable bonds is 5. The summed E-state index contributed by atoms with van der Waals surface area (Å²) >= 11 is 0. The number of halogens is 1. The van der Waals surface area contributed by atoms with Gasteiger partial charge in [-0.3, -0.25) is 9.59 Å². The molecule has 1 aliphatic rings. The highest BCUT2D eigenvalue weighted by Crippen LogP contribution is 2.31. The highest BCUT2D eigenvalue weighted by molar-refractivity contribution is 5.85. The molecule has 0 heterocycles. The first kappa shape index (κ1) is 16.5. The van der Waals surface area contributed by atoms with Gasteiger partial charge in [-0.2, -0.15) is 0 Å². The van der Waals surface area contributed by atoms with E-state index in [0.29, 0.717) is 12.5 Å². The van der Waals surface area contributed by atoms with Crippen LogP contribution in [0.5, 0.6) is 0 Å². The van der Waals surface area contributed by atoms with E-state index in [0.717, 1.165) is 12.8 Å². The van der Waals surface area contributed by atoms with Crippen molar-refractivity contribution in [1.29, 1.82) is 0 Å². The van der Waals surface area contributed by atoms with E-state index >= 15 is 0 Å². The first-order valence-corrected chi connectivity index (χ1v) is 6.52. The van der Waals surface area contributed by atoms with Crippen molar-refractivity contribution in [3.8, 4) is 0 Å². The van der Waals surface area contributed by atoms with Gasteiger partial charge < -0.3 is 16.4 Å². The minimum absolute atomic E-state index is 0. The Morgan fingerprint density at radius 2 is 1.95 bits per heavy atom. The Morgan fingerprint density at radius 3 is 2.70 bits per heavy atom. The van der Waals surface area contributed by atoms with Crippen LogP contribution in [0.1, 0.15) is 23.5 Å². The first-order valence-electron chi connectivity index (χ1n) is 6.52. The summed E-state index contributed by atoms with van der Waals surface area (Å²) in [7, 11) is 0. The number of benzene rings is 1. The van der Waals surface area contributed by atoms with E-state index in [1.165, 1.54) is 11.1 Å². The second-order valence-electron chi connectivity index (χ2n) is 4.72. The molecule has 1 atom stereocenters. The fourth-order valence-electron chi connectivity index (χ4n) is 2.41. The van der Waals surface area contributed by atoms with E-state index < -0.39 is 0 Å². The average Bonchev–Trinajstić information content (AvgIpc) is 2.85. The maximum Gasteiger partial charge on any atom is 0.239 e. The molecule has 6 heteroatoms. The van der Waals surface area contributed by atoms with Crippen molar-refractivity contribution < 1.29 is 9.59 Å². The van der Waals surface area contributed by atoms with Crippen molar-refractivity contribution in [2.24, 2.45) is 5.73 Å². The average molecular weight is 298 g/mol. The molecule has 2 amide bonds. The molecule has 0 aliphatic heterocycles. The zero-order valence-electron chi connectivity index (χ0n) is 11.2. The summed E-state index contributed by atoms with van der Waals surface area (Å²) in [4.78, 5) is 22.5. The molecule has 1 aromatic carbocycles. The molecule has 0 bridgehead atoms. The number of nitrogens with one attached hydrogen (secondary N) is 2. The number of carbonyl (C=O) groups excluding carboxylic acids is 2. The van der Waals surface area contributed by atoms with Crippen LogP contribution >= 0.6 is 12.4 Å².